The smallest absolute Gasteiger partial charge is 0.351 e. The first-order chi connectivity index (χ1) is 11.5. The van der Waals surface area contributed by atoms with Crippen molar-refractivity contribution >= 4 is 34.9 Å². The monoisotopic (exact) mass is 367 g/mol. The molecule has 2 aromatic rings. The molecule has 0 spiro atoms. The van der Waals surface area contributed by atoms with Gasteiger partial charge in [-0.05, 0) is 31.2 Å². The molecule has 1 aromatic heterocycles. The number of aryl methyl sites for hydroxylation is 1. The number of hydrogen-bond acceptors (Lipinski definition) is 7. The number of esters is 2. The van der Waals surface area contributed by atoms with Crippen LogP contribution in [0.2, 0.25) is 5.02 Å². The van der Waals surface area contributed by atoms with Crippen LogP contribution in [0.3, 0.4) is 0 Å². The molecule has 0 unspecified atom stereocenters. The zero-order chi connectivity index (χ0) is 17.1. The Hall–Kier alpha value is -2.12. The molecule has 6 nitrogen and oxygen atoms in total. The number of ether oxygens (including phenoxy) is 3. The lowest BCUT2D eigenvalue weighted by molar-refractivity contribution is -0.145. The van der Waals surface area contributed by atoms with E-state index < -0.39 is 18.0 Å². The summed E-state index contributed by atoms with van der Waals surface area (Å²) in [6.07, 6.45) is -0.442. The van der Waals surface area contributed by atoms with E-state index in [1.165, 1.54) is 11.3 Å². The Bertz CT molecular complexity index is 758. The number of halogens is 1. The zero-order valence-electron chi connectivity index (χ0n) is 12.8. The van der Waals surface area contributed by atoms with E-state index in [0.29, 0.717) is 32.8 Å². The van der Waals surface area contributed by atoms with Crippen LogP contribution in [0.15, 0.2) is 24.3 Å². The predicted octanol–water partition coefficient (Wildman–Crippen LogP) is 3.16. The second kappa shape index (κ2) is 7.19. The van der Waals surface area contributed by atoms with Crippen LogP contribution in [0.4, 0.5) is 0 Å². The first-order valence-electron chi connectivity index (χ1n) is 7.25. The summed E-state index contributed by atoms with van der Waals surface area (Å²) in [4.78, 5) is 28.2. The highest BCUT2D eigenvalue weighted by atomic mass is 35.5. The molecule has 1 fully saturated rings. The lowest BCUT2D eigenvalue weighted by Gasteiger charge is -2.06. The van der Waals surface area contributed by atoms with Crippen LogP contribution >= 0.6 is 22.9 Å². The third-order valence-electron chi connectivity index (χ3n) is 3.34. The van der Waals surface area contributed by atoms with Crippen molar-refractivity contribution in [1.82, 2.24) is 4.98 Å². The standard InChI is InChI=1S/C16H14ClNO5S/c1-9-14(16(20)23-12-6-7-21-15(12)19)24-13(18-9)8-22-11-4-2-10(17)3-5-11/h2-5,12H,6-8H2,1H3/t12-/m1/s1. The average molecular weight is 368 g/mol. The summed E-state index contributed by atoms with van der Waals surface area (Å²) in [5.74, 6) is -0.409. The van der Waals surface area contributed by atoms with E-state index in [2.05, 4.69) is 4.98 Å². The molecule has 0 bridgehead atoms. The quantitative estimate of drug-likeness (QED) is 0.756. The first kappa shape index (κ1) is 16.7. The Morgan fingerprint density at radius 1 is 1.42 bits per heavy atom. The van der Waals surface area contributed by atoms with Crippen molar-refractivity contribution in [3.63, 3.8) is 0 Å². The van der Waals surface area contributed by atoms with Crippen molar-refractivity contribution in [2.75, 3.05) is 6.61 Å². The SMILES string of the molecule is Cc1nc(COc2ccc(Cl)cc2)sc1C(=O)O[C@@H]1CCOC1=O. The Labute approximate surface area is 147 Å². The fourth-order valence-electron chi connectivity index (χ4n) is 2.15. The number of nitrogens with zero attached hydrogens (tertiary/aromatic N) is 1. The molecule has 1 aliphatic rings. The Kier molecular flexibility index (Phi) is 5.01. The molecule has 8 heteroatoms. The summed E-state index contributed by atoms with van der Waals surface area (Å²) in [6, 6.07) is 6.97. The highest BCUT2D eigenvalue weighted by Gasteiger charge is 2.31. The number of rotatable bonds is 5. The van der Waals surface area contributed by atoms with Crippen LogP contribution < -0.4 is 4.74 Å². The van der Waals surface area contributed by atoms with E-state index >= 15 is 0 Å². The highest BCUT2D eigenvalue weighted by Crippen LogP contribution is 2.23. The molecular weight excluding hydrogens is 354 g/mol. The summed E-state index contributed by atoms with van der Waals surface area (Å²) >= 11 is 7.00. The Morgan fingerprint density at radius 3 is 2.83 bits per heavy atom. The topological polar surface area (TPSA) is 74.7 Å². The summed E-state index contributed by atoms with van der Waals surface area (Å²) in [6.45, 7) is 2.22. The fraction of sp³-hybridized carbons (Fsp3) is 0.312. The van der Waals surface area contributed by atoms with Crippen LogP contribution in [-0.4, -0.2) is 29.6 Å². The Morgan fingerprint density at radius 2 is 2.17 bits per heavy atom. The van der Waals surface area contributed by atoms with Crippen LogP contribution in [0, 0.1) is 6.92 Å². The molecule has 0 radical (unpaired) electrons. The summed E-state index contributed by atoms with van der Waals surface area (Å²) in [7, 11) is 0. The maximum Gasteiger partial charge on any atom is 0.351 e. The highest BCUT2D eigenvalue weighted by molar-refractivity contribution is 7.13. The molecular formula is C16H14ClNO5S. The van der Waals surface area contributed by atoms with Crippen molar-refractivity contribution in [3.8, 4) is 5.75 Å². The van der Waals surface area contributed by atoms with Gasteiger partial charge in [-0.15, -0.1) is 11.3 Å². The van der Waals surface area contributed by atoms with Crippen LogP contribution in [0.1, 0.15) is 26.8 Å². The predicted molar refractivity (Wildman–Crippen MR) is 87.4 cm³/mol. The number of aromatic nitrogens is 1. The van der Waals surface area contributed by atoms with E-state index in [9.17, 15) is 9.59 Å². The normalized spacial score (nSPS) is 16.8. The van der Waals surface area contributed by atoms with Gasteiger partial charge in [-0.25, -0.2) is 14.6 Å². The van der Waals surface area contributed by atoms with E-state index in [0.717, 1.165) is 0 Å². The number of hydrogen-bond donors (Lipinski definition) is 0. The molecule has 24 heavy (non-hydrogen) atoms. The van der Waals surface area contributed by atoms with Crippen molar-refractivity contribution < 1.29 is 23.8 Å². The van der Waals surface area contributed by atoms with Crippen LogP contribution in [0.5, 0.6) is 5.75 Å². The van der Waals surface area contributed by atoms with Gasteiger partial charge in [0, 0.05) is 11.4 Å². The molecule has 1 aromatic carbocycles. The maximum atomic E-state index is 12.2. The molecule has 1 aliphatic heterocycles. The number of benzene rings is 1. The minimum atomic E-state index is -0.826. The second-order valence-electron chi connectivity index (χ2n) is 5.11. The van der Waals surface area contributed by atoms with Gasteiger partial charge in [-0.2, -0.15) is 0 Å². The summed E-state index contributed by atoms with van der Waals surface area (Å²) in [5, 5.41) is 1.27. The minimum Gasteiger partial charge on any atom is -0.486 e. The van der Waals surface area contributed by atoms with E-state index in [1.807, 2.05) is 0 Å². The van der Waals surface area contributed by atoms with E-state index in [-0.39, 0.29) is 13.2 Å². The average Bonchev–Trinajstić information content (AvgIpc) is 3.13. The van der Waals surface area contributed by atoms with Gasteiger partial charge in [-0.1, -0.05) is 11.6 Å². The van der Waals surface area contributed by atoms with Gasteiger partial charge < -0.3 is 14.2 Å². The molecule has 1 saturated heterocycles. The number of carbonyl (C=O) groups excluding carboxylic acids is 2. The molecule has 1 atom stereocenters. The van der Waals surface area contributed by atoms with Gasteiger partial charge in [0.2, 0.25) is 6.10 Å². The van der Waals surface area contributed by atoms with E-state index in [4.69, 9.17) is 25.8 Å². The summed E-state index contributed by atoms with van der Waals surface area (Å²) in [5.41, 5.74) is 0.547. The fourth-order valence-corrected chi connectivity index (χ4v) is 3.13. The molecule has 2 heterocycles. The van der Waals surface area contributed by atoms with Crippen LogP contribution in [-0.2, 0) is 20.9 Å². The molecule has 0 amide bonds. The molecule has 3 rings (SSSR count). The van der Waals surface area contributed by atoms with Crippen molar-refractivity contribution in [2.45, 2.75) is 26.1 Å². The van der Waals surface area contributed by atoms with E-state index in [1.54, 1.807) is 31.2 Å². The Balaban J connectivity index is 1.62. The van der Waals surface area contributed by atoms with Gasteiger partial charge in [-0.3, -0.25) is 0 Å². The second-order valence-corrected chi connectivity index (χ2v) is 6.63. The van der Waals surface area contributed by atoms with Crippen LogP contribution in [0.25, 0.3) is 0 Å². The van der Waals surface area contributed by atoms with Crippen molar-refractivity contribution in [1.29, 1.82) is 0 Å². The third-order valence-corrected chi connectivity index (χ3v) is 4.70. The van der Waals surface area contributed by atoms with Gasteiger partial charge in [0.1, 0.15) is 22.2 Å². The van der Waals surface area contributed by atoms with Gasteiger partial charge in [0.05, 0.1) is 12.3 Å². The molecule has 126 valence electrons. The molecule has 0 saturated carbocycles. The molecule has 0 N–H and O–H groups in total. The number of thiazole rings is 1. The largest absolute Gasteiger partial charge is 0.486 e. The lowest BCUT2D eigenvalue weighted by atomic mass is 10.3. The van der Waals surface area contributed by atoms with Gasteiger partial charge in [0.25, 0.3) is 0 Å². The summed E-state index contributed by atoms with van der Waals surface area (Å²) < 4.78 is 15.6. The van der Waals surface area contributed by atoms with Crippen molar-refractivity contribution in [2.24, 2.45) is 0 Å². The lowest BCUT2D eigenvalue weighted by Crippen LogP contribution is -2.22. The molecule has 0 aliphatic carbocycles. The van der Waals surface area contributed by atoms with Gasteiger partial charge >= 0.3 is 11.9 Å². The van der Waals surface area contributed by atoms with Crippen molar-refractivity contribution in [3.05, 3.63) is 44.9 Å². The zero-order valence-corrected chi connectivity index (χ0v) is 14.4. The minimum absolute atomic E-state index is 0.228. The number of cyclic esters (lactones) is 1. The first-order valence-corrected chi connectivity index (χ1v) is 8.44. The van der Waals surface area contributed by atoms with Gasteiger partial charge in [0.15, 0.2) is 0 Å². The maximum absolute atomic E-state index is 12.2. The third kappa shape index (κ3) is 3.85. The number of carbonyl (C=O) groups is 2.